The fraction of sp³-hybridized carbons (Fsp3) is 0.440. The number of amides is 2. The summed E-state index contributed by atoms with van der Waals surface area (Å²) in [5.74, 6) is 0.661. The second-order valence-corrected chi connectivity index (χ2v) is 8.21. The van der Waals surface area contributed by atoms with Gasteiger partial charge < -0.3 is 19.7 Å². The van der Waals surface area contributed by atoms with Crippen LogP contribution in [0, 0.1) is 0 Å². The van der Waals surface area contributed by atoms with E-state index in [1.807, 2.05) is 47.4 Å². The number of nitrogens with zero attached hydrogens (tertiary/aromatic N) is 1. The highest BCUT2D eigenvalue weighted by Crippen LogP contribution is 2.32. The molecule has 0 aromatic heterocycles. The molecule has 2 amide bonds. The molecule has 4 rings (SSSR count). The van der Waals surface area contributed by atoms with E-state index in [2.05, 4.69) is 5.32 Å². The van der Waals surface area contributed by atoms with Crippen molar-refractivity contribution < 1.29 is 19.1 Å². The van der Waals surface area contributed by atoms with Crippen LogP contribution in [0.1, 0.15) is 60.5 Å². The number of nitrogens with one attached hydrogen (secondary N) is 1. The quantitative estimate of drug-likeness (QED) is 0.766. The molecule has 2 aromatic carbocycles. The van der Waals surface area contributed by atoms with Crippen molar-refractivity contribution >= 4 is 17.5 Å². The summed E-state index contributed by atoms with van der Waals surface area (Å²) in [6.07, 6.45) is 5.39. The Labute approximate surface area is 183 Å². The van der Waals surface area contributed by atoms with Gasteiger partial charge in [0.1, 0.15) is 11.9 Å². The summed E-state index contributed by atoms with van der Waals surface area (Å²) in [4.78, 5) is 27.9. The summed E-state index contributed by atoms with van der Waals surface area (Å²) in [6.45, 7) is 1.35. The number of rotatable bonds is 5. The Morgan fingerprint density at radius 3 is 2.61 bits per heavy atom. The molecular weight excluding hydrogens is 392 g/mol. The van der Waals surface area contributed by atoms with Gasteiger partial charge in [-0.2, -0.15) is 0 Å². The minimum Gasteiger partial charge on any atom is -0.497 e. The van der Waals surface area contributed by atoms with E-state index in [1.54, 1.807) is 13.2 Å². The zero-order valence-electron chi connectivity index (χ0n) is 18.0. The zero-order valence-corrected chi connectivity index (χ0v) is 18.0. The van der Waals surface area contributed by atoms with Crippen molar-refractivity contribution in [3.05, 3.63) is 59.7 Å². The topological polar surface area (TPSA) is 67.9 Å². The van der Waals surface area contributed by atoms with Crippen LogP contribution < -0.4 is 10.1 Å². The van der Waals surface area contributed by atoms with Gasteiger partial charge in [0.25, 0.3) is 11.8 Å². The molecule has 6 heteroatoms. The van der Waals surface area contributed by atoms with Crippen molar-refractivity contribution in [2.24, 2.45) is 0 Å². The van der Waals surface area contributed by atoms with Crippen molar-refractivity contribution in [1.82, 2.24) is 4.90 Å². The molecule has 0 bridgehead atoms. The smallest absolute Gasteiger partial charge is 0.254 e. The van der Waals surface area contributed by atoms with E-state index >= 15 is 0 Å². The molecule has 2 heterocycles. The first-order valence-corrected chi connectivity index (χ1v) is 11.1. The minimum atomic E-state index is -0.399. The molecule has 2 fully saturated rings. The molecule has 0 spiro atoms. The molecule has 2 aromatic rings. The maximum atomic E-state index is 13.5. The van der Waals surface area contributed by atoms with Gasteiger partial charge in [-0.15, -0.1) is 0 Å². The van der Waals surface area contributed by atoms with Gasteiger partial charge in [0.05, 0.1) is 13.2 Å². The number of hydrogen-bond acceptors (Lipinski definition) is 4. The van der Waals surface area contributed by atoms with Crippen LogP contribution in [0.4, 0.5) is 5.69 Å². The van der Waals surface area contributed by atoms with Gasteiger partial charge in [0.15, 0.2) is 0 Å². The fourth-order valence-electron chi connectivity index (χ4n) is 4.43. The third-order valence-corrected chi connectivity index (χ3v) is 6.11. The van der Waals surface area contributed by atoms with Gasteiger partial charge in [0.2, 0.25) is 0 Å². The lowest BCUT2D eigenvalue weighted by atomic mass is 9.99. The van der Waals surface area contributed by atoms with Crippen LogP contribution in [0.2, 0.25) is 0 Å². The second kappa shape index (κ2) is 9.96. The largest absolute Gasteiger partial charge is 0.497 e. The lowest BCUT2D eigenvalue weighted by molar-refractivity contribution is -0.124. The van der Waals surface area contributed by atoms with E-state index in [4.69, 9.17) is 9.47 Å². The van der Waals surface area contributed by atoms with E-state index in [0.717, 1.165) is 56.4 Å². The summed E-state index contributed by atoms with van der Waals surface area (Å²) in [5.41, 5.74) is 2.34. The third-order valence-electron chi connectivity index (χ3n) is 6.11. The number of anilines is 1. The Kier molecular flexibility index (Phi) is 6.87. The molecule has 164 valence electrons. The molecule has 31 heavy (non-hydrogen) atoms. The molecule has 0 aliphatic carbocycles. The first-order valence-electron chi connectivity index (χ1n) is 11.1. The molecule has 2 aliphatic heterocycles. The van der Waals surface area contributed by atoms with E-state index in [9.17, 15) is 9.59 Å². The molecular formula is C25H30N2O4. The highest BCUT2D eigenvalue weighted by molar-refractivity contribution is 5.98. The first kappa shape index (κ1) is 21.4. The minimum absolute atomic E-state index is 0.00377. The average molecular weight is 423 g/mol. The van der Waals surface area contributed by atoms with Crippen molar-refractivity contribution in [2.45, 2.75) is 50.7 Å². The fourth-order valence-corrected chi connectivity index (χ4v) is 4.43. The molecule has 0 unspecified atom stereocenters. The van der Waals surface area contributed by atoms with Gasteiger partial charge in [-0.1, -0.05) is 31.0 Å². The lowest BCUT2D eigenvalue weighted by Gasteiger charge is -2.31. The lowest BCUT2D eigenvalue weighted by Crippen LogP contribution is -2.35. The Morgan fingerprint density at radius 2 is 1.87 bits per heavy atom. The molecule has 0 radical (unpaired) electrons. The van der Waals surface area contributed by atoms with Crippen LogP contribution in [0.15, 0.2) is 48.5 Å². The van der Waals surface area contributed by atoms with Crippen LogP contribution in [0.25, 0.3) is 0 Å². The van der Waals surface area contributed by atoms with E-state index in [-0.39, 0.29) is 17.9 Å². The summed E-state index contributed by atoms with van der Waals surface area (Å²) in [5, 5.41) is 2.90. The monoisotopic (exact) mass is 422 g/mol. The Morgan fingerprint density at radius 1 is 1.03 bits per heavy atom. The third kappa shape index (κ3) is 5.07. The predicted molar refractivity (Wildman–Crippen MR) is 119 cm³/mol. The number of carbonyl (C=O) groups is 2. The van der Waals surface area contributed by atoms with Crippen LogP contribution in [-0.4, -0.2) is 43.1 Å². The number of benzene rings is 2. The number of likely N-dealkylation sites (tertiary alicyclic amines) is 1. The molecule has 2 atom stereocenters. The zero-order chi connectivity index (χ0) is 21.6. The van der Waals surface area contributed by atoms with Crippen molar-refractivity contribution in [2.75, 3.05) is 25.6 Å². The maximum Gasteiger partial charge on any atom is 0.254 e. The molecule has 0 saturated carbocycles. The van der Waals surface area contributed by atoms with Crippen LogP contribution in [0.5, 0.6) is 5.75 Å². The molecule has 1 N–H and O–H groups in total. The standard InChI is InChI=1S/C25H30N2O4/c1-30-21-13-11-18(12-14-21)22-9-3-2-4-15-27(22)25(29)19-7-5-8-20(17-19)26-24(28)23-10-6-16-31-23/h5,7-8,11-14,17,22-23H,2-4,6,9-10,15-16H2,1H3,(H,26,28)/t22-,23+/m0/s1. The number of carbonyl (C=O) groups excluding carboxylic acids is 2. The van der Waals surface area contributed by atoms with E-state index < -0.39 is 6.10 Å². The maximum absolute atomic E-state index is 13.5. The number of methoxy groups -OCH3 is 1. The average Bonchev–Trinajstić information content (AvgIpc) is 3.24. The highest BCUT2D eigenvalue weighted by atomic mass is 16.5. The Balaban J connectivity index is 1.53. The van der Waals surface area contributed by atoms with Gasteiger partial charge in [-0.25, -0.2) is 0 Å². The van der Waals surface area contributed by atoms with Crippen LogP contribution in [-0.2, 0) is 9.53 Å². The van der Waals surface area contributed by atoms with Crippen molar-refractivity contribution in [1.29, 1.82) is 0 Å². The summed E-state index contributed by atoms with van der Waals surface area (Å²) in [6, 6.07) is 15.2. The first-order chi connectivity index (χ1) is 15.2. The van der Waals surface area contributed by atoms with Crippen molar-refractivity contribution in [3.63, 3.8) is 0 Å². The molecule has 6 nitrogen and oxygen atoms in total. The van der Waals surface area contributed by atoms with Crippen molar-refractivity contribution in [3.8, 4) is 5.75 Å². The highest BCUT2D eigenvalue weighted by Gasteiger charge is 2.28. The second-order valence-electron chi connectivity index (χ2n) is 8.21. The van der Waals surface area contributed by atoms with Gasteiger partial charge in [-0.05, 0) is 61.6 Å². The summed E-state index contributed by atoms with van der Waals surface area (Å²) in [7, 11) is 1.65. The van der Waals surface area contributed by atoms with E-state index in [0.29, 0.717) is 17.9 Å². The Bertz CT molecular complexity index is 906. The Hall–Kier alpha value is -2.86. The van der Waals surface area contributed by atoms with Crippen LogP contribution in [0.3, 0.4) is 0 Å². The molecule has 2 saturated heterocycles. The van der Waals surface area contributed by atoms with Crippen LogP contribution >= 0.6 is 0 Å². The van der Waals surface area contributed by atoms with Gasteiger partial charge >= 0.3 is 0 Å². The SMILES string of the molecule is COc1ccc([C@@H]2CCCCCN2C(=O)c2cccc(NC(=O)[C@H]3CCCO3)c2)cc1. The van der Waals surface area contributed by atoms with Gasteiger partial charge in [0, 0.05) is 24.4 Å². The van der Waals surface area contributed by atoms with E-state index in [1.165, 1.54) is 0 Å². The predicted octanol–water partition coefficient (Wildman–Crippen LogP) is 4.57. The number of ether oxygens (including phenoxy) is 2. The van der Waals surface area contributed by atoms with Gasteiger partial charge in [-0.3, -0.25) is 9.59 Å². The summed E-state index contributed by atoms with van der Waals surface area (Å²) >= 11 is 0. The summed E-state index contributed by atoms with van der Waals surface area (Å²) < 4.78 is 10.7. The normalized spacial score (nSPS) is 21.4. The molecule has 2 aliphatic rings. The number of hydrogen-bond donors (Lipinski definition) is 1.